The number of halogens is 4. The lowest BCUT2D eigenvalue weighted by atomic mass is 10.2. The summed E-state index contributed by atoms with van der Waals surface area (Å²) in [5, 5.41) is 5.28. The molecular weight excluding hydrogens is 440 g/mol. The van der Waals surface area contributed by atoms with Gasteiger partial charge >= 0.3 is 0 Å². The molecule has 0 saturated heterocycles. The molecule has 1 saturated carbocycles. The number of benzene rings is 2. The molecule has 2 atom stereocenters. The molecule has 3 rings (SSSR count). The van der Waals surface area contributed by atoms with E-state index in [1.165, 1.54) is 48.5 Å². The number of rotatable bonds is 8. The molecule has 30 heavy (non-hydrogen) atoms. The number of anilines is 2. The Morgan fingerprint density at radius 3 is 1.37 bits per heavy atom. The fourth-order valence-corrected chi connectivity index (χ4v) is 3.83. The highest BCUT2D eigenvalue weighted by Gasteiger charge is 2.52. The molecule has 0 spiro atoms. The predicted molar refractivity (Wildman–Crippen MR) is 110 cm³/mol. The van der Waals surface area contributed by atoms with Gasteiger partial charge in [0.15, 0.2) is 0 Å². The Balaban J connectivity index is 1.54. The van der Waals surface area contributed by atoms with Crippen LogP contribution in [-0.4, -0.2) is 23.3 Å². The number of amides is 2. The smallest absolute Gasteiger partial charge is 0.288 e. The highest BCUT2D eigenvalue weighted by Crippen LogP contribution is 2.45. The van der Waals surface area contributed by atoms with Crippen molar-refractivity contribution in [2.75, 3.05) is 10.6 Å². The van der Waals surface area contributed by atoms with Crippen molar-refractivity contribution in [1.82, 2.24) is 0 Å². The quantitative estimate of drug-likeness (QED) is 0.304. The van der Waals surface area contributed by atoms with Gasteiger partial charge in [0, 0.05) is 21.2 Å². The van der Waals surface area contributed by atoms with Crippen LogP contribution in [0.25, 0.3) is 0 Å². The maximum absolute atomic E-state index is 12.4. The molecule has 2 unspecified atom stereocenters. The second kappa shape index (κ2) is 9.57. The molecule has 0 heterocycles. The van der Waals surface area contributed by atoms with Gasteiger partial charge in [-0.1, -0.05) is 35.7 Å². The lowest BCUT2D eigenvalue weighted by molar-refractivity contribution is -0.122. The molecule has 1 fully saturated rings. The van der Waals surface area contributed by atoms with Crippen LogP contribution in [0.1, 0.15) is 0 Å². The van der Waals surface area contributed by atoms with Crippen LogP contribution in [0, 0.1) is 11.8 Å². The van der Waals surface area contributed by atoms with Crippen LogP contribution in [0.15, 0.2) is 70.5 Å². The molecule has 0 aromatic heterocycles. The lowest BCUT2D eigenvalue weighted by Gasteiger charge is -2.07. The van der Waals surface area contributed by atoms with Crippen molar-refractivity contribution in [3.63, 3.8) is 0 Å². The van der Waals surface area contributed by atoms with Gasteiger partial charge < -0.3 is 10.6 Å². The van der Waals surface area contributed by atoms with Crippen LogP contribution in [0.4, 0.5) is 28.9 Å². The minimum Gasteiger partial charge on any atom is -0.326 e. The third kappa shape index (κ3) is 5.79. The van der Waals surface area contributed by atoms with E-state index in [0.717, 1.165) is 0 Å². The first-order valence-corrected chi connectivity index (χ1v) is 10.4. The van der Waals surface area contributed by atoms with E-state index in [2.05, 4.69) is 17.2 Å². The number of hydrogen-bond donors (Lipinski definition) is 2. The molecule has 2 amide bonds. The van der Waals surface area contributed by atoms with Gasteiger partial charge in [-0.15, -0.1) is 0 Å². The Labute approximate surface area is 178 Å². The first-order chi connectivity index (χ1) is 14.2. The molecule has 10 heteroatoms. The summed E-state index contributed by atoms with van der Waals surface area (Å²) in [4.78, 5) is 25.6. The molecule has 0 aliphatic heterocycles. The van der Waals surface area contributed by atoms with E-state index in [1.54, 1.807) is 0 Å². The van der Waals surface area contributed by atoms with Crippen molar-refractivity contribution in [2.45, 2.75) is 21.3 Å². The second-order valence-electron chi connectivity index (χ2n) is 6.31. The molecule has 0 radical (unpaired) electrons. The first-order valence-electron chi connectivity index (χ1n) is 8.65. The van der Waals surface area contributed by atoms with Crippen LogP contribution in [-0.2, 0) is 9.59 Å². The summed E-state index contributed by atoms with van der Waals surface area (Å²) in [6.07, 6.45) is 0. The van der Waals surface area contributed by atoms with Gasteiger partial charge in [0.05, 0.1) is 11.8 Å². The third-order valence-electron chi connectivity index (χ3n) is 4.28. The van der Waals surface area contributed by atoms with Gasteiger partial charge in [-0.05, 0) is 48.5 Å². The van der Waals surface area contributed by atoms with Crippen molar-refractivity contribution in [1.29, 1.82) is 0 Å². The minimum absolute atomic E-state index is 0.369. The van der Waals surface area contributed by atoms with Crippen LogP contribution >= 0.6 is 23.5 Å². The number of nitrogens with one attached hydrogen (secondary N) is 2. The van der Waals surface area contributed by atoms with Gasteiger partial charge in [-0.3, -0.25) is 9.59 Å². The van der Waals surface area contributed by atoms with Crippen molar-refractivity contribution in [3.05, 3.63) is 60.7 Å². The Morgan fingerprint density at radius 2 is 1.07 bits per heavy atom. The summed E-state index contributed by atoms with van der Waals surface area (Å²) in [5.41, 5.74) is 1.30. The highest BCUT2D eigenvalue weighted by atomic mass is 32.2. The number of alkyl halides is 4. The van der Waals surface area contributed by atoms with Crippen LogP contribution in [0.3, 0.4) is 0 Å². The van der Waals surface area contributed by atoms with Gasteiger partial charge in [-0.25, -0.2) is 0 Å². The van der Waals surface area contributed by atoms with Crippen LogP contribution in [0.5, 0.6) is 0 Å². The molecule has 2 aromatic rings. The van der Waals surface area contributed by atoms with Gasteiger partial charge in [0.25, 0.3) is 11.5 Å². The zero-order valence-corrected chi connectivity index (χ0v) is 16.9. The average Bonchev–Trinajstić information content (AvgIpc) is 3.35. The maximum Gasteiger partial charge on any atom is 0.288 e. The molecule has 0 bridgehead atoms. The number of hydrogen-bond acceptors (Lipinski definition) is 4. The van der Waals surface area contributed by atoms with E-state index in [-0.39, 0.29) is 0 Å². The summed E-state index contributed by atoms with van der Waals surface area (Å²) < 4.78 is 49.4. The monoisotopic (exact) mass is 456 g/mol. The van der Waals surface area contributed by atoms with Crippen LogP contribution in [0.2, 0.25) is 0 Å². The minimum atomic E-state index is -2.53. The van der Waals surface area contributed by atoms with Crippen LogP contribution < -0.4 is 10.6 Å². The van der Waals surface area contributed by atoms with E-state index in [4.69, 9.17) is 0 Å². The molecular formula is C20H16F4N2O2S2. The average molecular weight is 456 g/mol. The molecule has 158 valence electrons. The predicted octanol–water partition coefficient (Wildman–Crippen LogP) is 5.70. The second-order valence-corrected chi connectivity index (χ2v) is 8.44. The van der Waals surface area contributed by atoms with E-state index in [1.807, 2.05) is 0 Å². The normalized spacial score (nSPS) is 17.9. The SMILES string of the molecule is C=C1C(C(=O)Nc2ccc(SC(F)F)cc2)C1C(=O)Nc1ccc(SC(F)F)cc1. The maximum atomic E-state index is 12.4. The number of carbonyl (C=O) groups is 2. The van der Waals surface area contributed by atoms with Crippen molar-refractivity contribution < 1.29 is 27.2 Å². The molecule has 2 N–H and O–H groups in total. The van der Waals surface area contributed by atoms with E-state index >= 15 is 0 Å². The summed E-state index contributed by atoms with van der Waals surface area (Å²) in [6.45, 7) is 3.75. The zero-order valence-electron chi connectivity index (χ0n) is 15.3. The largest absolute Gasteiger partial charge is 0.326 e. The Morgan fingerprint density at radius 1 is 0.733 bits per heavy atom. The highest BCUT2D eigenvalue weighted by molar-refractivity contribution is 7.99. The lowest BCUT2D eigenvalue weighted by Crippen LogP contribution is -2.20. The van der Waals surface area contributed by atoms with E-state index in [9.17, 15) is 27.2 Å². The van der Waals surface area contributed by atoms with E-state index in [0.29, 0.717) is 50.3 Å². The molecule has 1 aliphatic carbocycles. The Bertz CT molecular complexity index is 861. The molecule has 4 nitrogen and oxygen atoms in total. The van der Waals surface area contributed by atoms with Gasteiger partial charge in [-0.2, -0.15) is 17.6 Å². The standard InChI is InChI=1S/C20H16F4N2O2S2/c1-10-15(17(27)25-11-2-6-13(7-3-11)29-19(21)22)16(10)18(28)26-12-4-8-14(9-5-12)30-20(23)24/h2-9,15-16,19-20H,1H2,(H,25,27)(H,26,28). The zero-order chi connectivity index (χ0) is 21.8. The Kier molecular flexibility index (Phi) is 7.09. The topological polar surface area (TPSA) is 58.2 Å². The molecule has 2 aromatic carbocycles. The van der Waals surface area contributed by atoms with Crippen molar-refractivity contribution >= 4 is 46.7 Å². The van der Waals surface area contributed by atoms with Crippen molar-refractivity contribution in [3.8, 4) is 0 Å². The van der Waals surface area contributed by atoms with E-state index < -0.39 is 35.2 Å². The Hall–Kier alpha value is -2.46. The summed E-state index contributed by atoms with van der Waals surface area (Å²) in [5.74, 6) is -7.30. The fraction of sp³-hybridized carbons (Fsp3) is 0.200. The summed E-state index contributed by atoms with van der Waals surface area (Å²) >= 11 is 0.805. The number of carbonyl (C=O) groups excluding carboxylic acids is 2. The van der Waals surface area contributed by atoms with Gasteiger partial charge in [0.1, 0.15) is 0 Å². The first kappa shape index (κ1) is 22.2. The van der Waals surface area contributed by atoms with Gasteiger partial charge in [0.2, 0.25) is 11.8 Å². The summed E-state index contributed by atoms with van der Waals surface area (Å²) in [6, 6.07) is 11.9. The fourth-order valence-electron chi connectivity index (χ4n) is 2.83. The number of thioether (sulfide) groups is 2. The van der Waals surface area contributed by atoms with Crippen molar-refractivity contribution in [2.24, 2.45) is 11.8 Å². The molecule has 1 aliphatic rings. The summed E-state index contributed by atoms with van der Waals surface area (Å²) in [7, 11) is 0. The third-order valence-corrected chi connectivity index (χ3v) is 5.73.